The summed E-state index contributed by atoms with van der Waals surface area (Å²) in [6, 6.07) is 0. The van der Waals surface area contributed by atoms with Crippen molar-refractivity contribution in [2.75, 3.05) is 13.2 Å². The molecule has 84 valence electrons. The fraction of sp³-hybridized carbons (Fsp3) is 1.00. The Balaban J connectivity index is 3.46. The van der Waals surface area contributed by atoms with Crippen molar-refractivity contribution >= 4 is 31.5 Å². The van der Waals surface area contributed by atoms with Crippen LogP contribution in [0.25, 0.3) is 0 Å². The van der Waals surface area contributed by atoms with E-state index in [4.69, 9.17) is 32.2 Å². The highest BCUT2D eigenvalue weighted by molar-refractivity contribution is 7.33. The molecule has 0 saturated heterocycles. The first kappa shape index (κ1) is 14.6. The van der Waals surface area contributed by atoms with E-state index in [0.29, 0.717) is 0 Å². The topological polar surface area (TPSA) is 35.5 Å². The van der Waals surface area contributed by atoms with Gasteiger partial charge in [0.2, 0.25) is 0 Å². The summed E-state index contributed by atoms with van der Waals surface area (Å²) < 4.78 is 20.8. The second kappa shape index (κ2) is 8.87. The van der Waals surface area contributed by atoms with Crippen LogP contribution in [0.4, 0.5) is 0 Å². The maximum atomic E-state index is 11.1. The summed E-state index contributed by atoms with van der Waals surface area (Å²) in [5, 5.41) is -0.231. The molecule has 0 aromatic heterocycles. The van der Waals surface area contributed by atoms with Crippen LogP contribution >= 0.6 is 31.5 Å². The Morgan fingerprint density at radius 1 is 1.07 bits per heavy atom. The minimum absolute atomic E-state index is 0.115. The largest absolute Gasteiger partial charge is 0.697 e. The Kier molecular flexibility index (Phi) is 9.25. The molecular formula is C8H16Cl2O3P+. The van der Waals surface area contributed by atoms with Gasteiger partial charge in [-0.1, -0.05) is 13.8 Å². The first-order chi connectivity index (χ1) is 6.60. The second-order valence-electron chi connectivity index (χ2n) is 2.83. The van der Waals surface area contributed by atoms with Crippen molar-refractivity contribution in [3.8, 4) is 0 Å². The van der Waals surface area contributed by atoms with Crippen LogP contribution in [0, 0.1) is 0 Å². The number of halogens is 2. The van der Waals surface area contributed by atoms with Gasteiger partial charge >= 0.3 is 8.25 Å². The van der Waals surface area contributed by atoms with E-state index in [1.54, 1.807) is 0 Å². The standard InChI is InChI=1S/C8H16Cl2O3P/c1-3-7(9)5-12-14(11)13-6-8(10)4-2/h7-8H,3-6H2,1-2H3/q+1. The molecule has 6 heteroatoms. The highest BCUT2D eigenvalue weighted by Crippen LogP contribution is 2.26. The zero-order valence-corrected chi connectivity index (χ0v) is 10.8. The molecule has 0 amide bonds. The van der Waals surface area contributed by atoms with Gasteiger partial charge in [-0.05, 0) is 12.8 Å². The zero-order chi connectivity index (χ0) is 11.0. The third-order valence-corrected chi connectivity index (χ3v) is 3.20. The summed E-state index contributed by atoms with van der Waals surface area (Å²) in [5.41, 5.74) is 0. The number of alkyl halides is 2. The van der Waals surface area contributed by atoms with Crippen molar-refractivity contribution in [2.45, 2.75) is 37.4 Å². The lowest BCUT2D eigenvalue weighted by molar-refractivity contribution is 0.223. The van der Waals surface area contributed by atoms with Crippen molar-refractivity contribution in [1.82, 2.24) is 0 Å². The van der Waals surface area contributed by atoms with E-state index in [1.807, 2.05) is 13.8 Å². The monoisotopic (exact) mass is 261 g/mol. The highest BCUT2D eigenvalue weighted by Gasteiger charge is 2.23. The fourth-order valence-electron chi connectivity index (χ4n) is 0.556. The van der Waals surface area contributed by atoms with Gasteiger partial charge in [0.1, 0.15) is 13.2 Å². The van der Waals surface area contributed by atoms with Crippen LogP contribution < -0.4 is 0 Å². The Bertz CT molecular complexity index is 153. The lowest BCUT2D eigenvalue weighted by Gasteiger charge is -2.00. The maximum absolute atomic E-state index is 11.1. The first-order valence-electron chi connectivity index (χ1n) is 4.61. The molecule has 0 aromatic carbocycles. The SMILES string of the molecule is CCC(Cl)CO[P+](=O)OCC(Cl)CC. The van der Waals surface area contributed by atoms with Crippen molar-refractivity contribution in [3.63, 3.8) is 0 Å². The molecule has 0 aliphatic rings. The Hall–Kier alpha value is 0.600. The van der Waals surface area contributed by atoms with E-state index < -0.39 is 8.25 Å². The van der Waals surface area contributed by atoms with E-state index in [0.717, 1.165) is 12.8 Å². The van der Waals surface area contributed by atoms with E-state index in [2.05, 4.69) is 0 Å². The molecule has 2 unspecified atom stereocenters. The molecule has 0 N–H and O–H groups in total. The Labute approximate surface area is 96.0 Å². The van der Waals surface area contributed by atoms with E-state index >= 15 is 0 Å². The van der Waals surface area contributed by atoms with Crippen LogP contribution in [0.15, 0.2) is 0 Å². The molecule has 0 saturated carbocycles. The number of rotatable bonds is 8. The summed E-state index contributed by atoms with van der Waals surface area (Å²) in [6.45, 7) is 4.35. The van der Waals surface area contributed by atoms with Crippen LogP contribution in [-0.4, -0.2) is 24.0 Å². The summed E-state index contributed by atoms with van der Waals surface area (Å²) in [4.78, 5) is 0. The van der Waals surface area contributed by atoms with Crippen LogP contribution in [0.2, 0.25) is 0 Å². The molecule has 0 aromatic rings. The van der Waals surface area contributed by atoms with Gasteiger partial charge in [-0.3, -0.25) is 0 Å². The predicted octanol–water partition coefficient (Wildman–Crippen LogP) is 3.71. The maximum Gasteiger partial charge on any atom is 0.697 e. The highest BCUT2D eigenvalue weighted by atomic mass is 35.5. The first-order valence-corrected chi connectivity index (χ1v) is 6.58. The van der Waals surface area contributed by atoms with Gasteiger partial charge in [0.15, 0.2) is 0 Å². The molecule has 0 rings (SSSR count). The summed E-state index contributed by atoms with van der Waals surface area (Å²) in [7, 11) is -2.08. The minimum atomic E-state index is -2.08. The van der Waals surface area contributed by atoms with Gasteiger partial charge in [-0.25, -0.2) is 0 Å². The zero-order valence-electron chi connectivity index (χ0n) is 8.41. The molecule has 0 bridgehead atoms. The van der Waals surface area contributed by atoms with Gasteiger partial charge in [0, 0.05) is 4.57 Å². The van der Waals surface area contributed by atoms with E-state index in [-0.39, 0.29) is 24.0 Å². The van der Waals surface area contributed by atoms with Crippen molar-refractivity contribution in [2.24, 2.45) is 0 Å². The fourth-order valence-corrected chi connectivity index (χ4v) is 1.54. The van der Waals surface area contributed by atoms with Gasteiger partial charge < -0.3 is 0 Å². The number of hydrogen-bond acceptors (Lipinski definition) is 3. The molecule has 0 aliphatic heterocycles. The van der Waals surface area contributed by atoms with Crippen LogP contribution in [0.1, 0.15) is 26.7 Å². The van der Waals surface area contributed by atoms with Gasteiger partial charge in [-0.2, -0.15) is 0 Å². The van der Waals surface area contributed by atoms with E-state index in [1.165, 1.54) is 0 Å². The molecule has 0 aliphatic carbocycles. The minimum Gasteiger partial charge on any atom is -0.120 e. The number of hydrogen-bond donors (Lipinski definition) is 0. The normalized spacial score (nSPS) is 16.4. The summed E-state index contributed by atoms with van der Waals surface area (Å²) >= 11 is 11.5. The quantitative estimate of drug-likeness (QED) is 0.494. The smallest absolute Gasteiger partial charge is 0.120 e. The average Bonchev–Trinajstić information content (AvgIpc) is 2.22. The summed E-state index contributed by atoms with van der Waals surface area (Å²) in [6.07, 6.45) is 1.55. The molecule has 2 atom stereocenters. The van der Waals surface area contributed by atoms with Crippen molar-refractivity contribution in [1.29, 1.82) is 0 Å². The average molecular weight is 262 g/mol. The van der Waals surface area contributed by atoms with Gasteiger partial charge in [0.25, 0.3) is 0 Å². The lowest BCUT2D eigenvalue weighted by Crippen LogP contribution is -2.07. The third-order valence-electron chi connectivity index (χ3n) is 1.61. The van der Waals surface area contributed by atoms with Crippen molar-refractivity contribution in [3.05, 3.63) is 0 Å². The summed E-state index contributed by atoms with van der Waals surface area (Å²) in [5.74, 6) is 0. The second-order valence-corrected chi connectivity index (χ2v) is 5.02. The predicted molar refractivity (Wildman–Crippen MR) is 59.4 cm³/mol. The van der Waals surface area contributed by atoms with Crippen LogP contribution in [0.5, 0.6) is 0 Å². The molecule has 0 radical (unpaired) electrons. The third kappa shape index (κ3) is 7.95. The lowest BCUT2D eigenvalue weighted by atomic mass is 10.4. The molecular weight excluding hydrogens is 246 g/mol. The van der Waals surface area contributed by atoms with Crippen LogP contribution in [0.3, 0.4) is 0 Å². The Morgan fingerprint density at radius 3 is 1.71 bits per heavy atom. The van der Waals surface area contributed by atoms with Gasteiger partial charge in [0.05, 0.1) is 10.8 Å². The van der Waals surface area contributed by atoms with Gasteiger partial charge in [-0.15, -0.1) is 32.2 Å². The Morgan fingerprint density at radius 2 is 1.43 bits per heavy atom. The molecule has 3 nitrogen and oxygen atoms in total. The van der Waals surface area contributed by atoms with Crippen LogP contribution in [-0.2, 0) is 13.6 Å². The molecule has 0 spiro atoms. The van der Waals surface area contributed by atoms with Crippen molar-refractivity contribution < 1.29 is 13.6 Å². The molecule has 0 heterocycles. The molecule has 0 fully saturated rings. The molecule has 14 heavy (non-hydrogen) atoms. The van der Waals surface area contributed by atoms with E-state index in [9.17, 15) is 4.57 Å².